The van der Waals surface area contributed by atoms with Crippen molar-refractivity contribution < 1.29 is 4.39 Å². The van der Waals surface area contributed by atoms with Crippen LogP contribution < -0.4 is 5.73 Å². The standard InChI is InChI=1S/C13H20FN/c1-10-5-7-11(8-6-10)13(14,9-15)12(2,3)4/h5-8H,9,15H2,1-4H3. The van der Waals surface area contributed by atoms with Crippen molar-refractivity contribution in [2.75, 3.05) is 6.54 Å². The number of nitrogens with two attached hydrogens (primary N) is 1. The van der Waals surface area contributed by atoms with E-state index in [1.165, 1.54) is 0 Å². The zero-order chi connectivity index (χ0) is 11.7. The molecule has 2 heteroatoms. The van der Waals surface area contributed by atoms with Crippen LogP contribution in [0.25, 0.3) is 0 Å². The molecule has 0 aromatic heterocycles. The minimum absolute atomic E-state index is 0.0135. The second kappa shape index (κ2) is 3.93. The first-order chi connectivity index (χ1) is 6.81. The first kappa shape index (κ1) is 12.2. The third-order valence-corrected chi connectivity index (χ3v) is 2.98. The maximum Gasteiger partial charge on any atom is 0.152 e. The number of alkyl halides is 1. The van der Waals surface area contributed by atoms with Gasteiger partial charge in [0.2, 0.25) is 0 Å². The molecule has 1 aromatic rings. The van der Waals surface area contributed by atoms with Crippen LogP contribution in [0.15, 0.2) is 24.3 Å². The van der Waals surface area contributed by atoms with Gasteiger partial charge in [-0.3, -0.25) is 0 Å². The third-order valence-electron chi connectivity index (χ3n) is 2.98. The molecule has 2 N–H and O–H groups in total. The average Bonchev–Trinajstić information content (AvgIpc) is 2.16. The molecule has 0 aliphatic heterocycles. The molecule has 15 heavy (non-hydrogen) atoms. The van der Waals surface area contributed by atoms with Crippen molar-refractivity contribution in [3.8, 4) is 0 Å². The molecule has 0 heterocycles. The van der Waals surface area contributed by atoms with E-state index >= 15 is 0 Å². The SMILES string of the molecule is Cc1ccc(C(F)(CN)C(C)(C)C)cc1. The summed E-state index contributed by atoms with van der Waals surface area (Å²) in [5.74, 6) is 0. The third kappa shape index (κ3) is 2.20. The lowest BCUT2D eigenvalue weighted by Crippen LogP contribution is -2.42. The van der Waals surface area contributed by atoms with E-state index in [1.54, 1.807) is 0 Å². The van der Waals surface area contributed by atoms with E-state index in [0.29, 0.717) is 5.56 Å². The van der Waals surface area contributed by atoms with Crippen LogP contribution in [0, 0.1) is 12.3 Å². The van der Waals surface area contributed by atoms with Gasteiger partial charge in [-0.15, -0.1) is 0 Å². The summed E-state index contributed by atoms with van der Waals surface area (Å²) < 4.78 is 14.8. The van der Waals surface area contributed by atoms with Crippen LogP contribution in [0.3, 0.4) is 0 Å². The highest BCUT2D eigenvalue weighted by Crippen LogP contribution is 2.42. The highest BCUT2D eigenvalue weighted by atomic mass is 19.1. The summed E-state index contributed by atoms with van der Waals surface area (Å²) in [5.41, 5.74) is 5.44. The highest BCUT2D eigenvalue weighted by molar-refractivity contribution is 5.28. The van der Waals surface area contributed by atoms with Gasteiger partial charge in [0.1, 0.15) is 0 Å². The molecule has 0 spiro atoms. The van der Waals surface area contributed by atoms with E-state index in [2.05, 4.69) is 0 Å². The Bertz CT molecular complexity index is 323. The lowest BCUT2D eigenvalue weighted by Gasteiger charge is -2.37. The van der Waals surface area contributed by atoms with Crippen LogP contribution in [0.5, 0.6) is 0 Å². The molecule has 0 amide bonds. The number of hydrogen-bond donors (Lipinski definition) is 1. The van der Waals surface area contributed by atoms with Gasteiger partial charge in [0.15, 0.2) is 5.67 Å². The molecule has 1 atom stereocenters. The molecule has 0 aliphatic carbocycles. The van der Waals surface area contributed by atoms with E-state index in [0.717, 1.165) is 5.56 Å². The molecule has 0 aliphatic rings. The monoisotopic (exact) mass is 209 g/mol. The molecular formula is C13H20FN. The number of halogens is 1. The molecule has 0 fully saturated rings. The molecule has 0 saturated heterocycles. The van der Waals surface area contributed by atoms with Crippen LogP contribution in [-0.2, 0) is 5.67 Å². The largest absolute Gasteiger partial charge is 0.327 e. The van der Waals surface area contributed by atoms with Crippen molar-refractivity contribution in [3.05, 3.63) is 35.4 Å². The lowest BCUT2D eigenvalue weighted by atomic mass is 9.73. The Hall–Kier alpha value is -0.890. The number of aryl methyl sites for hydroxylation is 1. The minimum atomic E-state index is -1.46. The number of benzene rings is 1. The van der Waals surface area contributed by atoms with Crippen LogP contribution in [0.1, 0.15) is 31.9 Å². The Balaban J connectivity index is 3.18. The van der Waals surface area contributed by atoms with Crippen LogP contribution >= 0.6 is 0 Å². The second-order valence-electron chi connectivity index (χ2n) is 5.12. The van der Waals surface area contributed by atoms with Crippen LogP contribution in [-0.4, -0.2) is 6.54 Å². The minimum Gasteiger partial charge on any atom is -0.327 e. The zero-order valence-corrected chi connectivity index (χ0v) is 9.97. The highest BCUT2D eigenvalue weighted by Gasteiger charge is 2.42. The maximum atomic E-state index is 14.8. The van der Waals surface area contributed by atoms with Crippen molar-refractivity contribution in [1.29, 1.82) is 0 Å². The van der Waals surface area contributed by atoms with E-state index in [4.69, 9.17) is 5.73 Å². The molecule has 1 unspecified atom stereocenters. The first-order valence-electron chi connectivity index (χ1n) is 5.27. The summed E-state index contributed by atoms with van der Waals surface area (Å²) in [7, 11) is 0. The van der Waals surface area contributed by atoms with Crippen LogP contribution in [0.2, 0.25) is 0 Å². The predicted molar refractivity (Wildman–Crippen MR) is 62.5 cm³/mol. The second-order valence-corrected chi connectivity index (χ2v) is 5.12. The predicted octanol–water partition coefficient (Wildman–Crippen LogP) is 3.16. The fourth-order valence-electron chi connectivity index (χ4n) is 1.67. The summed E-state index contributed by atoms with van der Waals surface area (Å²) in [4.78, 5) is 0. The summed E-state index contributed by atoms with van der Waals surface area (Å²) in [6.45, 7) is 7.63. The van der Waals surface area contributed by atoms with E-state index in [-0.39, 0.29) is 6.54 Å². The fraction of sp³-hybridized carbons (Fsp3) is 0.538. The van der Waals surface area contributed by atoms with Gasteiger partial charge < -0.3 is 5.73 Å². The van der Waals surface area contributed by atoms with Crippen molar-refractivity contribution in [1.82, 2.24) is 0 Å². The molecule has 1 aromatic carbocycles. The Kier molecular flexibility index (Phi) is 3.19. The molecule has 84 valence electrons. The van der Waals surface area contributed by atoms with Crippen molar-refractivity contribution >= 4 is 0 Å². The van der Waals surface area contributed by atoms with Crippen LogP contribution in [0.4, 0.5) is 4.39 Å². The summed E-state index contributed by atoms with van der Waals surface area (Å²) in [6, 6.07) is 7.50. The van der Waals surface area contributed by atoms with Crippen molar-refractivity contribution in [2.45, 2.75) is 33.4 Å². The van der Waals surface area contributed by atoms with Gasteiger partial charge in [0.25, 0.3) is 0 Å². The van der Waals surface area contributed by atoms with Gasteiger partial charge in [-0.25, -0.2) is 4.39 Å². The first-order valence-corrected chi connectivity index (χ1v) is 5.27. The van der Waals surface area contributed by atoms with Gasteiger partial charge in [0.05, 0.1) is 0 Å². The molecule has 0 radical (unpaired) electrons. The Morgan fingerprint density at radius 1 is 1.13 bits per heavy atom. The van der Waals surface area contributed by atoms with E-state index in [9.17, 15) is 4.39 Å². The van der Waals surface area contributed by atoms with Crippen molar-refractivity contribution in [3.63, 3.8) is 0 Å². The average molecular weight is 209 g/mol. The summed E-state index contributed by atoms with van der Waals surface area (Å²) >= 11 is 0. The molecule has 1 nitrogen and oxygen atoms in total. The topological polar surface area (TPSA) is 26.0 Å². The van der Waals surface area contributed by atoms with Gasteiger partial charge in [-0.05, 0) is 12.5 Å². The van der Waals surface area contributed by atoms with Gasteiger partial charge in [-0.1, -0.05) is 50.6 Å². The van der Waals surface area contributed by atoms with Gasteiger partial charge >= 0.3 is 0 Å². The lowest BCUT2D eigenvalue weighted by molar-refractivity contribution is 0.0343. The van der Waals surface area contributed by atoms with E-state index in [1.807, 2.05) is 52.0 Å². The molecule has 0 saturated carbocycles. The normalized spacial score (nSPS) is 16.1. The van der Waals surface area contributed by atoms with Crippen molar-refractivity contribution in [2.24, 2.45) is 11.1 Å². The van der Waals surface area contributed by atoms with Gasteiger partial charge in [0, 0.05) is 12.0 Å². The van der Waals surface area contributed by atoms with E-state index < -0.39 is 11.1 Å². The summed E-state index contributed by atoms with van der Waals surface area (Å²) in [5, 5.41) is 0. The molecule has 1 rings (SSSR count). The number of rotatable bonds is 2. The molecule has 0 bridgehead atoms. The van der Waals surface area contributed by atoms with Gasteiger partial charge in [-0.2, -0.15) is 0 Å². The number of hydrogen-bond acceptors (Lipinski definition) is 1. The maximum absolute atomic E-state index is 14.8. The quantitative estimate of drug-likeness (QED) is 0.795. The smallest absolute Gasteiger partial charge is 0.152 e. The Morgan fingerprint density at radius 3 is 1.93 bits per heavy atom. The Labute approximate surface area is 91.5 Å². The molecular weight excluding hydrogens is 189 g/mol. The Morgan fingerprint density at radius 2 is 1.60 bits per heavy atom. The fourth-order valence-corrected chi connectivity index (χ4v) is 1.67. The zero-order valence-electron chi connectivity index (χ0n) is 9.97. The summed E-state index contributed by atoms with van der Waals surface area (Å²) in [6.07, 6.45) is 0.